The monoisotopic (exact) mass is 215 g/mol. The Morgan fingerprint density at radius 1 is 1.17 bits per heavy atom. The average molecular weight is 216 g/mol. The van der Waals surface area contributed by atoms with E-state index in [0.717, 1.165) is 0 Å². The zero-order valence-corrected chi connectivity index (χ0v) is 10.7. The maximum atomic E-state index is 11.1. The maximum Gasteiger partial charge on any atom is 1.00 e. The number of hydrogen-bond acceptors (Lipinski definition) is 1. The first-order valence-electron chi connectivity index (χ1n) is 3.08. The van der Waals surface area contributed by atoms with Crippen molar-refractivity contribution in [3.63, 3.8) is 0 Å². The van der Waals surface area contributed by atoms with E-state index in [9.17, 15) is 4.79 Å². The van der Waals surface area contributed by atoms with Gasteiger partial charge in [0, 0.05) is 11.4 Å². The molecule has 62 valence electrons. The molecule has 1 aromatic heterocycles. The number of pyridine rings is 1. The summed E-state index contributed by atoms with van der Waals surface area (Å²) >= 11 is 11.3. The molecule has 0 spiro atoms. The molecule has 5 heteroatoms. The van der Waals surface area contributed by atoms with Crippen LogP contribution in [-0.2, 0) is 0 Å². The van der Waals surface area contributed by atoms with Crippen LogP contribution < -0.4 is 35.0 Å². The summed E-state index contributed by atoms with van der Waals surface area (Å²) in [6, 6.07) is 0. The van der Waals surface area contributed by atoms with Gasteiger partial charge in [-0.1, -0.05) is 23.2 Å². The molecular weight excluding hydrogens is 208 g/mol. The van der Waals surface area contributed by atoms with Gasteiger partial charge < -0.3 is 6.41 Å². The minimum atomic E-state index is -0.304. The van der Waals surface area contributed by atoms with Crippen LogP contribution in [0.1, 0.15) is 12.8 Å². The summed E-state index contributed by atoms with van der Waals surface area (Å²) in [7, 11) is 0. The first-order chi connectivity index (χ1) is 5.04. The van der Waals surface area contributed by atoms with E-state index >= 15 is 0 Å². The third-order valence-electron chi connectivity index (χ3n) is 1.43. The number of halogens is 2. The van der Waals surface area contributed by atoms with Crippen molar-refractivity contribution in [3.8, 4) is 0 Å². The number of nitrogens with one attached hydrogen (secondary N) is 1. The number of H-pyrrole nitrogens is 1. The molecule has 0 amide bonds. The Bertz CT molecular complexity index is 324. The van der Waals surface area contributed by atoms with E-state index < -0.39 is 0 Å². The van der Waals surface area contributed by atoms with Gasteiger partial charge in [-0.2, -0.15) is 0 Å². The van der Waals surface area contributed by atoms with Gasteiger partial charge in [-0.25, -0.2) is 0 Å². The Morgan fingerprint density at radius 3 is 1.83 bits per heavy atom. The van der Waals surface area contributed by atoms with Crippen LogP contribution in [0, 0.1) is 13.8 Å². The van der Waals surface area contributed by atoms with Crippen molar-refractivity contribution in [2.75, 3.05) is 0 Å². The third-order valence-corrected chi connectivity index (χ3v) is 2.34. The van der Waals surface area contributed by atoms with Gasteiger partial charge in [-0.15, -0.1) is 0 Å². The van der Waals surface area contributed by atoms with E-state index in [1.165, 1.54) is 0 Å². The van der Waals surface area contributed by atoms with E-state index in [2.05, 4.69) is 4.98 Å². The predicted octanol–water partition coefficient (Wildman–Crippen LogP) is -0.585. The molecule has 0 bridgehead atoms. The molecule has 0 aliphatic rings. The Kier molecular flexibility index (Phi) is 4.89. The SMILES string of the molecule is Cc1[nH]c(C)c(Cl)c(=O)c1Cl.[H-].[Na+]. The molecule has 0 aliphatic heterocycles. The van der Waals surface area contributed by atoms with Crippen LogP contribution in [0.4, 0.5) is 0 Å². The van der Waals surface area contributed by atoms with Gasteiger partial charge in [0.25, 0.3) is 0 Å². The van der Waals surface area contributed by atoms with Crippen molar-refractivity contribution in [1.29, 1.82) is 0 Å². The van der Waals surface area contributed by atoms with Gasteiger partial charge in [0.15, 0.2) is 0 Å². The summed E-state index contributed by atoms with van der Waals surface area (Å²) in [6.07, 6.45) is 0. The molecule has 0 fully saturated rings. The van der Waals surface area contributed by atoms with E-state index in [1.807, 2.05) is 0 Å². The van der Waals surface area contributed by atoms with Crippen molar-refractivity contribution in [2.45, 2.75) is 13.8 Å². The summed E-state index contributed by atoms with van der Waals surface area (Å²) in [5.74, 6) is 0. The summed E-state index contributed by atoms with van der Waals surface area (Å²) < 4.78 is 0. The Balaban J connectivity index is 0. The second-order valence-electron chi connectivity index (χ2n) is 2.33. The third kappa shape index (κ3) is 2.27. The fourth-order valence-corrected chi connectivity index (χ4v) is 1.16. The average Bonchev–Trinajstić information content (AvgIpc) is 1.97. The Morgan fingerprint density at radius 2 is 1.50 bits per heavy atom. The van der Waals surface area contributed by atoms with E-state index in [0.29, 0.717) is 11.4 Å². The molecule has 1 N–H and O–H groups in total. The van der Waals surface area contributed by atoms with Crippen molar-refractivity contribution in [2.24, 2.45) is 0 Å². The van der Waals surface area contributed by atoms with Crippen LogP contribution in [0.5, 0.6) is 0 Å². The van der Waals surface area contributed by atoms with Crippen molar-refractivity contribution in [1.82, 2.24) is 4.98 Å². The fourth-order valence-electron chi connectivity index (χ4n) is 0.828. The van der Waals surface area contributed by atoms with Crippen molar-refractivity contribution >= 4 is 23.2 Å². The van der Waals surface area contributed by atoms with Gasteiger partial charge in [0.1, 0.15) is 10.0 Å². The smallest absolute Gasteiger partial charge is 1.00 e. The van der Waals surface area contributed by atoms with Crippen molar-refractivity contribution in [3.05, 3.63) is 31.7 Å². The first-order valence-corrected chi connectivity index (χ1v) is 3.84. The Hall–Kier alpha value is 0.530. The maximum absolute atomic E-state index is 11.1. The summed E-state index contributed by atoms with van der Waals surface area (Å²) in [5, 5.41) is 0.334. The number of aryl methyl sites for hydroxylation is 2. The van der Waals surface area contributed by atoms with Gasteiger partial charge >= 0.3 is 29.6 Å². The van der Waals surface area contributed by atoms with Crippen molar-refractivity contribution < 1.29 is 31.0 Å². The van der Waals surface area contributed by atoms with Crippen LogP contribution in [0.25, 0.3) is 0 Å². The van der Waals surface area contributed by atoms with Gasteiger partial charge in [0.2, 0.25) is 5.43 Å². The second-order valence-corrected chi connectivity index (χ2v) is 3.09. The molecule has 1 rings (SSSR count). The summed E-state index contributed by atoms with van der Waals surface area (Å²) in [5.41, 5.74) is 0.999. The molecule has 0 unspecified atom stereocenters. The molecular formula is C7H8Cl2NNaO. The zero-order valence-electron chi connectivity index (χ0n) is 8.16. The summed E-state index contributed by atoms with van der Waals surface area (Å²) in [4.78, 5) is 14.0. The molecule has 0 atom stereocenters. The first kappa shape index (κ1) is 12.5. The van der Waals surface area contributed by atoms with E-state index in [4.69, 9.17) is 23.2 Å². The van der Waals surface area contributed by atoms with E-state index in [-0.39, 0.29) is 46.5 Å². The molecule has 0 aromatic carbocycles. The van der Waals surface area contributed by atoms with Gasteiger partial charge in [-0.3, -0.25) is 4.79 Å². The number of hydrogen-bond donors (Lipinski definition) is 1. The minimum absolute atomic E-state index is 0. The minimum Gasteiger partial charge on any atom is -1.00 e. The number of aromatic amines is 1. The fraction of sp³-hybridized carbons (Fsp3) is 0.286. The number of rotatable bonds is 0. The number of aromatic nitrogens is 1. The van der Waals surface area contributed by atoms with Crippen LogP contribution in [0.3, 0.4) is 0 Å². The molecule has 2 nitrogen and oxygen atoms in total. The topological polar surface area (TPSA) is 32.9 Å². The predicted molar refractivity (Wildman–Crippen MR) is 47.7 cm³/mol. The van der Waals surface area contributed by atoms with Crippen LogP contribution >= 0.6 is 23.2 Å². The molecule has 0 aliphatic carbocycles. The standard InChI is InChI=1S/C7H7Cl2NO.Na.H/c1-3-5(8)7(11)6(9)4(2)10-3;;/h1-2H3,(H,10,11);;/q;+1;-1. The molecule has 0 saturated carbocycles. The van der Waals surface area contributed by atoms with Gasteiger partial charge in [0.05, 0.1) is 0 Å². The molecule has 1 heterocycles. The van der Waals surface area contributed by atoms with Crippen LogP contribution in [0.15, 0.2) is 4.79 Å². The molecule has 0 saturated heterocycles. The van der Waals surface area contributed by atoms with Gasteiger partial charge in [-0.05, 0) is 13.8 Å². The molecule has 1 aromatic rings. The molecule has 0 radical (unpaired) electrons. The van der Waals surface area contributed by atoms with E-state index in [1.54, 1.807) is 13.8 Å². The largest absolute Gasteiger partial charge is 1.00 e. The normalized spacial score (nSPS) is 9.33. The van der Waals surface area contributed by atoms with Crippen LogP contribution in [-0.4, -0.2) is 4.98 Å². The quantitative estimate of drug-likeness (QED) is 0.578. The van der Waals surface area contributed by atoms with Crippen LogP contribution in [0.2, 0.25) is 10.0 Å². The second kappa shape index (κ2) is 4.68. The Labute approximate surface area is 104 Å². The summed E-state index contributed by atoms with van der Waals surface area (Å²) in [6.45, 7) is 3.46. The molecule has 12 heavy (non-hydrogen) atoms. The zero-order chi connectivity index (χ0) is 8.59.